The lowest BCUT2D eigenvalue weighted by Gasteiger charge is -2.27. The van der Waals surface area contributed by atoms with Crippen LogP contribution in [0.4, 0.5) is 0 Å². The van der Waals surface area contributed by atoms with E-state index in [1.807, 2.05) is 6.92 Å². The zero-order chi connectivity index (χ0) is 14.0. The van der Waals surface area contributed by atoms with E-state index in [0.717, 1.165) is 25.8 Å². The van der Waals surface area contributed by atoms with Gasteiger partial charge in [0.25, 0.3) is 0 Å². The Balaban J connectivity index is 4.05. The van der Waals surface area contributed by atoms with Crippen molar-refractivity contribution in [2.24, 2.45) is 5.92 Å². The Kier molecular flexibility index (Phi) is 9.02. The van der Waals surface area contributed by atoms with Crippen LogP contribution >= 0.6 is 0 Å². The van der Waals surface area contributed by atoms with Gasteiger partial charge in [-0.1, -0.05) is 20.8 Å². The molecule has 0 spiro atoms. The molecular formula is C14H29NO3. The predicted molar refractivity (Wildman–Crippen MR) is 73.6 cm³/mol. The lowest BCUT2D eigenvalue weighted by atomic mass is 10.0. The number of nitrogens with one attached hydrogen (secondary N) is 1. The van der Waals surface area contributed by atoms with Crippen molar-refractivity contribution in [1.82, 2.24) is 5.32 Å². The first-order valence-corrected chi connectivity index (χ1v) is 6.87. The number of carbonyl (C=O) groups excluding carboxylic acids is 1. The molecule has 0 aromatic heterocycles. The monoisotopic (exact) mass is 259 g/mol. The Morgan fingerprint density at radius 1 is 1.39 bits per heavy atom. The molecule has 0 radical (unpaired) electrons. The summed E-state index contributed by atoms with van der Waals surface area (Å²) < 4.78 is 10.4. The molecule has 4 nitrogen and oxygen atoms in total. The largest absolute Gasteiger partial charge is 0.468 e. The Labute approximate surface area is 111 Å². The van der Waals surface area contributed by atoms with Gasteiger partial charge in [-0.25, -0.2) is 4.79 Å². The van der Waals surface area contributed by atoms with E-state index in [0.29, 0.717) is 19.1 Å². The topological polar surface area (TPSA) is 47.6 Å². The highest BCUT2D eigenvalue weighted by molar-refractivity contribution is 5.80. The number of carbonyl (C=O) groups is 1. The fourth-order valence-corrected chi connectivity index (χ4v) is 1.68. The van der Waals surface area contributed by atoms with Crippen molar-refractivity contribution in [1.29, 1.82) is 0 Å². The fourth-order valence-electron chi connectivity index (χ4n) is 1.68. The van der Waals surface area contributed by atoms with Gasteiger partial charge in [-0.05, 0) is 38.6 Å². The lowest BCUT2D eigenvalue weighted by molar-refractivity contribution is -0.150. The Morgan fingerprint density at radius 2 is 2.06 bits per heavy atom. The summed E-state index contributed by atoms with van der Waals surface area (Å²) in [4.78, 5) is 11.7. The zero-order valence-corrected chi connectivity index (χ0v) is 12.5. The molecule has 0 saturated heterocycles. The van der Waals surface area contributed by atoms with Crippen LogP contribution in [0.1, 0.15) is 47.0 Å². The van der Waals surface area contributed by atoms with E-state index in [2.05, 4.69) is 26.1 Å². The van der Waals surface area contributed by atoms with Crippen LogP contribution in [-0.2, 0) is 14.3 Å². The van der Waals surface area contributed by atoms with Gasteiger partial charge in [0.15, 0.2) is 0 Å². The van der Waals surface area contributed by atoms with E-state index in [-0.39, 0.29) is 5.97 Å². The smallest absolute Gasteiger partial charge is 0.328 e. The van der Waals surface area contributed by atoms with Crippen LogP contribution in [-0.4, -0.2) is 38.4 Å². The van der Waals surface area contributed by atoms with Crippen molar-refractivity contribution in [2.45, 2.75) is 52.5 Å². The molecule has 0 saturated carbocycles. The summed E-state index contributed by atoms with van der Waals surface area (Å²) in [7, 11) is 1.41. The van der Waals surface area contributed by atoms with Crippen LogP contribution in [0.25, 0.3) is 0 Å². The molecule has 0 amide bonds. The highest BCUT2D eigenvalue weighted by atomic mass is 16.5. The summed E-state index contributed by atoms with van der Waals surface area (Å²) in [6.45, 7) is 10.1. The van der Waals surface area contributed by atoms with Crippen molar-refractivity contribution in [2.75, 3.05) is 26.9 Å². The molecule has 18 heavy (non-hydrogen) atoms. The first-order valence-electron chi connectivity index (χ1n) is 6.87. The molecule has 0 aliphatic heterocycles. The molecule has 0 aromatic rings. The van der Waals surface area contributed by atoms with Crippen molar-refractivity contribution in [3.63, 3.8) is 0 Å². The molecule has 0 rings (SSSR count). The summed E-state index contributed by atoms with van der Waals surface area (Å²) in [5.41, 5.74) is -0.734. The summed E-state index contributed by atoms with van der Waals surface area (Å²) in [5.74, 6) is 0.429. The second-order valence-corrected chi connectivity index (χ2v) is 5.34. The molecule has 0 fully saturated rings. The molecule has 0 heterocycles. The third-order valence-corrected chi connectivity index (χ3v) is 2.86. The lowest BCUT2D eigenvalue weighted by Crippen LogP contribution is -2.54. The number of rotatable bonds is 10. The summed E-state index contributed by atoms with van der Waals surface area (Å²) >= 11 is 0. The van der Waals surface area contributed by atoms with E-state index < -0.39 is 5.54 Å². The molecule has 1 atom stereocenters. The molecule has 4 heteroatoms. The number of methoxy groups -OCH3 is 1. The van der Waals surface area contributed by atoms with Crippen LogP contribution in [0, 0.1) is 5.92 Å². The highest BCUT2D eigenvalue weighted by Crippen LogP contribution is 2.09. The van der Waals surface area contributed by atoms with Gasteiger partial charge in [-0.2, -0.15) is 0 Å². The second kappa shape index (κ2) is 9.34. The van der Waals surface area contributed by atoms with Crippen molar-refractivity contribution >= 4 is 5.97 Å². The van der Waals surface area contributed by atoms with E-state index in [4.69, 9.17) is 9.47 Å². The molecule has 1 unspecified atom stereocenters. The summed E-state index contributed by atoms with van der Waals surface area (Å²) in [6, 6.07) is 0. The Bertz CT molecular complexity index is 231. The second-order valence-electron chi connectivity index (χ2n) is 5.34. The third-order valence-electron chi connectivity index (χ3n) is 2.86. The van der Waals surface area contributed by atoms with Crippen LogP contribution in [0.3, 0.4) is 0 Å². The molecule has 0 aliphatic carbocycles. The van der Waals surface area contributed by atoms with E-state index in [1.165, 1.54) is 7.11 Å². The van der Waals surface area contributed by atoms with Crippen LogP contribution in [0.5, 0.6) is 0 Å². The van der Waals surface area contributed by atoms with Gasteiger partial charge in [0.1, 0.15) is 5.54 Å². The van der Waals surface area contributed by atoms with Gasteiger partial charge in [0.2, 0.25) is 0 Å². The maximum absolute atomic E-state index is 11.7. The summed E-state index contributed by atoms with van der Waals surface area (Å²) in [6.07, 6.45) is 3.15. The molecule has 108 valence electrons. The molecule has 0 aliphatic rings. The van der Waals surface area contributed by atoms with Crippen molar-refractivity contribution in [3.8, 4) is 0 Å². The van der Waals surface area contributed by atoms with Crippen molar-refractivity contribution in [3.05, 3.63) is 0 Å². The van der Waals surface area contributed by atoms with Gasteiger partial charge < -0.3 is 14.8 Å². The quantitative estimate of drug-likeness (QED) is 0.483. The average molecular weight is 259 g/mol. The molecule has 0 aromatic carbocycles. The van der Waals surface area contributed by atoms with Gasteiger partial charge in [0, 0.05) is 6.61 Å². The van der Waals surface area contributed by atoms with Gasteiger partial charge in [-0.3, -0.25) is 0 Å². The maximum Gasteiger partial charge on any atom is 0.328 e. The third kappa shape index (κ3) is 6.97. The number of hydrogen-bond donors (Lipinski definition) is 1. The molecule has 1 N–H and O–H groups in total. The normalized spacial score (nSPS) is 14.6. The number of hydrogen-bond acceptors (Lipinski definition) is 4. The van der Waals surface area contributed by atoms with E-state index >= 15 is 0 Å². The Morgan fingerprint density at radius 3 is 2.56 bits per heavy atom. The van der Waals surface area contributed by atoms with Gasteiger partial charge in [0.05, 0.1) is 13.7 Å². The zero-order valence-electron chi connectivity index (χ0n) is 12.5. The first kappa shape index (κ1) is 17.4. The Hall–Kier alpha value is -0.610. The first-order chi connectivity index (χ1) is 8.46. The maximum atomic E-state index is 11.7. The van der Waals surface area contributed by atoms with E-state index in [9.17, 15) is 4.79 Å². The number of ether oxygens (including phenoxy) is 2. The average Bonchev–Trinajstić information content (AvgIpc) is 2.34. The van der Waals surface area contributed by atoms with Crippen LogP contribution < -0.4 is 5.32 Å². The van der Waals surface area contributed by atoms with Crippen molar-refractivity contribution < 1.29 is 14.3 Å². The van der Waals surface area contributed by atoms with Gasteiger partial charge in [-0.15, -0.1) is 0 Å². The molecular weight excluding hydrogens is 230 g/mol. The van der Waals surface area contributed by atoms with Gasteiger partial charge >= 0.3 is 5.97 Å². The minimum Gasteiger partial charge on any atom is -0.468 e. The fraction of sp³-hybridized carbons (Fsp3) is 0.929. The standard InChI is InChI=1S/C14H29NO3/c1-6-9-15-14(4,13(16)17-5)11-18-10-7-8-12(2)3/h12,15H,6-11H2,1-5H3. The predicted octanol–water partition coefficient (Wildman–Crippen LogP) is 2.37. The minimum absolute atomic E-state index is 0.264. The van der Waals surface area contributed by atoms with Crippen LogP contribution in [0.2, 0.25) is 0 Å². The number of esters is 1. The SMILES string of the molecule is CCCNC(C)(COCCCC(C)C)C(=O)OC. The van der Waals surface area contributed by atoms with Crippen LogP contribution in [0.15, 0.2) is 0 Å². The highest BCUT2D eigenvalue weighted by Gasteiger charge is 2.33. The minimum atomic E-state index is -0.734. The van der Waals surface area contributed by atoms with E-state index in [1.54, 1.807) is 0 Å². The summed E-state index contributed by atoms with van der Waals surface area (Å²) in [5, 5.41) is 3.20. The molecule has 0 bridgehead atoms.